The Bertz CT molecular complexity index is 1080. The van der Waals surface area contributed by atoms with Crippen LogP contribution >= 0.6 is 11.3 Å². The number of benzene rings is 3. The first kappa shape index (κ1) is 19.7. The molecule has 0 aliphatic carbocycles. The first-order valence-corrected chi connectivity index (χ1v) is 10.4. The number of hydrogen-bond donors (Lipinski definition) is 1. The highest BCUT2D eigenvalue weighted by Crippen LogP contribution is 2.25. The number of amides is 1. The maximum Gasteiger partial charge on any atom is 0.255 e. The summed E-state index contributed by atoms with van der Waals surface area (Å²) in [5.41, 5.74) is 4.86. The molecule has 3 aromatic carbocycles. The summed E-state index contributed by atoms with van der Waals surface area (Å²) in [5.74, 6) is 1.10. The van der Waals surface area contributed by atoms with Gasteiger partial charge in [0.25, 0.3) is 5.91 Å². The van der Waals surface area contributed by atoms with Crippen LogP contribution in [0.4, 0.5) is 5.69 Å². The third-order valence-electron chi connectivity index (χ3n) is 4.36. The fraction of sp³-hybridized carbons (Fsp3) is 0.0833. The van der Waals surface area contributed by atoms with E-state index in [9.17, 15) is 4.79 Å². The van der Waals surface area contributed by atoms with Crippen LogP contribution in [0.2, 0.25) is 0 Å². The zero-order chi connectivity index (χ0) is 20.6. The molecule has 0 saturated carbocycles. The molecule has 1 heterocycles. The van der Waals surface area contributed by atoms with E-state index in [-0.39, 0.29) is 5.91 Å². The second-order valence-electron chi connectivity index (χ2n) is 6.52. The van der Waals surface area contributed by atoms with E-state index in [0.717, 1.165) is 11.3 Å². The van der Waals surface area contributed by atoms with Crippen LogP contribution in [0.15, 0.2) is 89.8 Å². The summed E-state index contributed by atoms with van der Waals surface area (Å²) in [5, 5.41) is 4.84. The lowest BCUT2D eigenvalue weighted by Crippen LogP contribution is -2.13. The number of nitrogens with one attached hydrogen (secondary N) is 1. The highest BCUT2D eigenvalue weighted by atomic mass is 32.1. The minimum Gasteiger partial charge on any atom is -0.489 e. The number of anilines is 1. The van der Waals surface area contributed by atoms with Crippen molar-refractivity contribution in [2.75, 3.05) is 5.32 Å². The topological polar surface area (TPSA) is 60.5 Å². The Kier molecular flexibility index (Phi) is 6.37. The molecule has 30 heavy (non-hydrogen) atoms. The third-order valence-corrected chi connectivity index (χ3v) is 4.99. The second kappa shape index (κ2) is 9.71. The average Bonchev–Trinajstić information content (AvgIpc) is 3.32. The number of carbonyl (C=O) groups is 1. The number of hydrogen-bond acceptors (Lipinski definition) is 5. The zero-order valence-corrected chi connectivity index (χ0v) is 17.0. The smallest absolute Gasteiger partial charge is 0.255 e. The van der Waals surface area contributed by atoms with Crippen molar-refractivity contribution >= 4 is 22.9 Å². The van der Waals surface area contributed by atoms with Crippen LogP contribution in [0, 0.1) is 0 Å². The molecule has 0 aliphatic rings. The molecule has 4 aromatic rings. The van der Waals surface area contributed by atoms with Crippen molar-refractivity contribution < 1.29 is 14.3 Å². The molecule has 0 aliphatic heterocycles. The summed E-state index contributed by atoms with van der Waals surface area (Å²) in [6.07, 6.45) is 0. The van der Waals surface area contributed by atoms with Crippen LogP contribution in [-0.2, 0) is 13.2 Å². The molecule has 1 aromatic heterocycles. The predicted molar refractivity (Wildman–Crippen MR) is 118 cm³/mol. The van der Waals surface area contributed by atoms with Crippen molar-refractivity contribution in [2.24, 2.45) is 0 Å². The van der Waals surface area contributed by atoms with E-state index in [1.54, 1.807) is 29.8 Å². The third kappa shape index (κ3) is 5.24. The van der Waals surface area contributed by atoms with Gasteiger partial charge in [-0.1, -0.05) is 42.5 Å². The van der Waals surface area contributed by atoms with Crippen LogP contribution < -0.4 is 14.8 Å². The van der Waals surface area contributed by atoms with Gasteiger partial charge in [-0.05, 0) is 42.0 Å². The molecule has 5 nitrogen and oxygen atoms in total. The number of nitrogens with zero attached hydrogens (tertiary/aromatic N) is 1. The van der Waals surface area contributed by atoms with Gasteiger partial charge in [-0.2, -0.15) is 0 Å². The molecule has 1 N–H and O–H groups in total. The van der Waals surface area contributed by atoms with Gasteiger partial charge in [0.05, 0.1) is 16.9 Å². The van der Waals surface area contributed by atoms with Gasteiger partial charge in [0.15, 0.2) is 0 Å². The van der Waals surface area contributed by atoms with E-state index in [1.807, 2.05) is 60.0 Å². The predicted octanol–water partition coefficient (Wildman–Crippen LogP) is 5.55. The highest BCUT2D eigenvalue weighted by Gasteiger charge is 2.10. The highest BCUT2D eigenvalue weighted by molar-refractivity contribution is 7.07. The van der Waals surface area contributed by atoms with Crippen LogP contribution in [0.25, 0.3) is 0 Å². The largest absolute Gasteiger partial charge is 0.489 e. The number of thiazole rings is 1. The van der Waals surface area contributed by atoms with Crippen molar-refractivity contribution in [3.05, 3.63) is 107 Å². The molecule has 4 rings (SSSR count). The normalized spacial score (nSPS) is 10.4. The lowest BCUT2D eigenvalue weighted by atomic mass is 10.2. The maximum atomic E-state index is 12.7. The molecule has 1 amide bonds. The quantitative estimate of drug-likeness (QED) is 0.409. The molecular weight excluding hydrogens is 396 g/mol. The van der Waals surface area contributed by atoms with Gasteiger partial charge in [0, 0.05) is 10.9 Å². The van der Waals surface area contributed by atoms with Crippen molar-refractivity contribution in [1.82, 2.24) is 4.98 Å². The second-order valence-corrected chi connectivity index (χ2v) is 7.24. The van der Waals surface area contributed by atoms with Crippen LogP contribution in [0.1, 0.15) is 21.6 Å². The Morgan fingerprint density at radius 1 is 0.867 bits per heavy atom. The van der Waals surface area contributed by atoms with E-state index in [0.29, 0.717) is 36.0 Å². The Hall–Kier alpha value is -3.64. The zero-order valence-electron chi connectivity index (χ0n) is 16.2. The molecule has 6 heteroatoms. The molecule has 0 unspecified atom stereocenters. The molecule has 0 saturated heterocycles. The minimum atomic E-state index is -0.214. The SMILES string of the molecule is O=C(Nc1ccccc1OCc1cscn1)c1ccc(OCc2ccccc2)cc1. The van der Waals surface area contributed by atoms with Gasteiger partial charge in [0.2, 0.25) is 0 Å². The lowest BCUT2D eigenvalue weighted by molar-refractivity contribution is 0.102. The summed E-state index contributed by atoms with van der Waals surface area (Å²) < 4.78 is 11.6. The van der Waals surface area contributed by atoms with Crippen LogP contribution in [0.3, 0.4) is 0 Å². The van der Waals surface area contributed by atoms with Gasteiger partial charge in [-0.25, -0.2) is 4.98 Å². The molecular formula is C24H20N2O3S. The van der Waals surface area contributed by atoms with Crippen molar-refractivity contribution in [1.29, 1.82) is 0 Å². The number of para-hydroxylation sites is 2. The molecule has 0 fully saturated rings. The summed E-state index contributed by atoms with van der Waals surface area (Å²) in [4.78, 5) is 16.9. The first-order chi connectivity index (χ1) is 14.8. The standard InChI is InChI=1S/C24H20N2O3S/c27-24(19-10-12-21(13-11-19)28-14-18-6-2-1-3-7-18)26-22-8-4-5-9-23(22)29-15-20-16-30-17-25-20/h1-13,16-17H,14-15H2,(H,26,27). The van der Waals surface area contributed by atoms with E-state index in [2.05, 4.69) is 10.3 Å². The summed E-state index contributed by atoms with van der Waals surface area (Å²) >= 11 is 1.52. The van der Waals surface area contributed by atoms with Crippen molar-refractivity contribution in [3.63, 3.8) is 0 Å². The van der Waals surface area contributed by atoms with Gasteiger partial charge >= 0.3 is 0 Å². The van der Waals surface area contributed by atoms with E-state index in [1.165, 1.54) is 11.3 Å². The van der Waals surface area contributed by atoms with Gasteiger partial charge in [0.1, 0.15) is 24.7 Å². The fourth-order valence-corrected chi connectivity index (χ4v) is 3.34. The van der Waals surface area contributed by atoms with E-state index in [4.69, 9.17) is 9.47 Å². The monoisotopic (exact) mass is 416 g/mol. The first-order valence-electron chi connectivity index (χ1n) is 9.45. The Labute approximate surface area is 178 Å². The number of carbonyl (C=O) groups excluding carboxylic acids is 1. The lowest BCUT2D eigenvalue weighted by Gasteiger charge is -2.12. The summed E-state index contributed by atoms with van der Waals surface area (Å²) in [6, 6.07) is 24.4. The number of ether oxygens (including phenoxy) is 2. The number of aromatic nitrogens is 1. The maximum absolute atomic E-state index is 12.7. The van der Waals surface area contributed by atoms with E-state index < -0.39 is 0 Å². The summed E-state index contributed by atoms with van der Waals surface area (Å²) in [6.45, 7) is 0.833. The summed E-state index contributed by atoms with van der Waals surface area (Å²) in [7, 11) is 0. The molecule has 0 radical (unpaired) electrons. The molecule has 150 valence electrons. The average molecular weight is 417 g/mol. The fourth-order valence-electron chi connectivity index (χ4n) is 2.79. The minimum absolute atomic E-state index is 0.214. The molecule has 0 spiro atoms. The Morgan fingerprint density at radius 2 is 1.63 bits per heavy atom. The molecule has 0 bridgehead atoms. The molecule has 0 atom stereocenters. The van der Waals surface area contributed by atoms with Gasteiger partial charge in [-0.15, -0.1) is 11.3 Å². The van der Waals surface area contributed by atoms with Crippen molar-refractivity contribution in [3.8, 4) is 11.5 Å². The van der Waals surface area contributed by atoms with Crippen molar-refractivity contribution in [2.45, 2.75) is 13.2 Å². The van der Waals surface area contributed by atoms with Gasteiger partial charge < -0.3 is 14.8 Å². The Balaban J connectivity index is 1.37. The van der Waals surface area contributed by atoms with Gasteiger partial charge in [-0.3, -0.25) is 4.79 Å². The Morgan fingerprint density at radius 3 is 2.40 bits per heavy atom. The van der Waals surface area contributed by atoms with Crippen LogP contribution in [-0.4, -0.2) is 10.9 Å². The van der Waals surface area contributed by atoms with Crippen LogP contribution in [0.5, 0.6) is 11.5 Å². The number of rotatable bonds is 8. The van der Waals surface area contributed by atoms with E-state index >= 15 is 0 Å².